The predicted octanol–water partition coefficient (Wildman–Crippen LogP) is 3.83. The molecule has 3 aromatic rings. The lowest BCUT2D eigenvalue weighted by atomic mass is 10.1. The zero-order valence-electron chi connectivity index (χ0n) is 13.9. The topological polar surface area (TPSA) is 55.6 Å². The van der Waals surface area contributed by atoms with E-state index in [9.17, 15) is 0 Å². The average Bonchev–Trinajstić information content (AvgIpc) is 3.15. The first-order valence-electron chi connectivity index (χ1n) is 8.37. The summed E-state index contributed by atoms with van der Waals surface area (Å²) in [6.07, 6.45) is 6.52. The number of aryl methyl sites for hydroxylation is 1. The van der Waals surface area contributed by atoms with Gasteiger partial charge in [0.15, 0.2) is 0 Å². The molecule has 0 radical (unpaired) electrons. The molecule has 0 saturated heterocycles. The third kappa shape index (κ3) is 3.25. The van der Waals surface area contributed by atoms with Gasteiger partial charge in [-0.05, 0) is 44.7 Å². The maximum atomic E-state index is 4.59. The molecule has 2 aromatic heterocycles. The van der Waals surface area contributed by atoms with Crippen molar-refractivity contribution in [1.82, 2.24) is 25.3 Å². The number of rotatable bonds is 6. The zero-order valence-corrected chi connectivity index (χ0v) is 14.7. The van der Waals surface area contributed by atoms with E-state index in [1.165, 1.54) is 22.7 Å². The second kappa shape index (κ2) is 6.45. The van der Waals surface area contributed by atoms with Crippen LogP contribution in [-0.2, 0) is 0 Å². The predicted molar refractivity (Wildman–Crippen MR) is 95.2 cm³/mol. The summed E-state index contributed by atoms with van der Waals surface area (Å²) < 4.78 is 1.83. The fraction of sp³-hybridized carbons (Fsp3) is 0.389. The van der Waals surface area contributed by atoms with Gasteiger partial charge in [-0.1, -0.05) is 23.4 Å². The van der Waals surface area contributed by atoms with E-state index in [1.54, 1.807) is 11.3 Å². The van der Waals surface area contributed by atoms with Gasteiger partial charge in [0.05, 0.1) is 29.7 Å². The van der Waals surface area contributed by atoms with E-state index < -0.39 is 0 Å². The molecule has 2 heterocycles. The van der Waals surface area contributed by atoms with E-state index >= 15 is 0 Å². The Bertz CT molecular complexity index is 806. The number of para-hydroxylation sites is 1. The molecule has 6 heteroatoms. The molecule has 0 bridgehead atoms. The van der Waals surface area contributed by atoms with Gasteiger partial charge in [0, 0.05) is 11.1 Å². The third-order valence-electron chi connectivity index (χ3n) is 4.40. The van der Waals surface area contributed by atoms with Crippen molar-refractivity contribution in [2.75, 3.05) is 0 Å². The Morgan fingerprint density at radius 1 is 1.25 bits per heavy atom. The lowest BCUT2D eigenvalue weighted by Gasteiger charge is -2.20. The number of aromatic nitrogens is 4. The first-order valence-corrected chi connectivity index (χ1v) is 9.18. The van der Waals surface area contributed by atoms with Gasteiger partial charge in [-0.3, -0.25) is 5.32 Å². The van der Waals surface area contributed by atoms with Crippen molar-refractivity contribution in [2.24, 2.45) is 5.92 Å². The van der Waals surface area contributed by atoms with E-state index in [4.69, 9.17) is 0 Å². The first-order chi connectivity index (χ1) is 11.7. The smallest absolute Gasteiger partial charge is 0.110 e. The van der Waals surface area contributed by atoms with Crippen LogP contribution in [-0.4, -0.2) is 20.0 Å². The molecule has 1 fully saturated rings. The molecule has 0 unspecified atom stereocenters. The molecule has 1 N–H and O–H groups in total. The van der Waals surface area contributed by atoms with Crippen LogP contribution in [0.5, 0.6) is 0 Å². The van der Waals surface area contributed by atoms with Crippen LogP contribution in [0.2, 0.25) is 0 Å². The average molecular weight is 339 g/mol. The normalized spacial score (nSPS) is 16.9. The summed E-state index contributed by atoms with van der Waals surface area (Å²) >= 11 is 1.79. The van der Waals surface area contributed by atoms with Crippen molar-refractivity contribution in [3.05, 3.63) is 58.3 Å². The zero-order chi connectivity index (χ0) is 16.5. The highest BCUT2D eigenvalue weighted by Crippen LogP contribution is 2.43. The van der Waals surface area contributed by atoms with Crippen LogP contribution in [0, 0.1) is 12.8 Å². The SMILES string of the molecule is Cc1cnc([C@H](N[C@@H](C)c2cn(-c3ccccc3)nn2)C2CC2)s1. The van der Waals surface area contributed by atoms with Crippen molar-refractivity contribution in [3.8, 4) is 5.69 Å². The third-order valence-corrected chi connectivity index (χ3v) is 5.40. The van der Waals surface area contributed by atoms with E-state index in [0.29, 0.717) is 12.0 Å². The molecule has 24 heavy (non-hydrogen) atoms. The number of hydrogen-bond acceptors (Lipinski definition) is 5. The van der Waals surface area contributed by atoms with E-state index in [2.05, 4.69) is 34.5 Å². The molecule has 1 aromatic carbocycles. The monoisotopic (exact) mass is 339 g/mol. The van der Waals surface area contributed by atoms with Crippen LogP contribution in [0.3, 0.4) is 0 Å². The molecule has 4 rings (SSSR count). The summed E-state index contributed by atoms with van der Waals surface area (Å²) in [5.41, 5.74) is 1.98. The molecule has 0 spiro atoms. The fourth-order valence-electron chi connectivity index (χ4n) is 2.89. The molecule has 1 aliphatic rings. The Labute approximate surface area is 145 Å². The highest BCUT2D eigenvalue weighted by molar-refractivity contribution is 7.11. The minimum Gasteiger partial charge on any atom is -0.299 e. The summed E-state index contributed by atoms with van der Waals surface area (Å²) in [7, 11) is 0. The van der Waals surface area contributed by atoms with Gasteiger partial charge in [-0.25, -0.2) is 9.67 Å². The molecular formula is C18H21N5S. The summed E-state index contributed by atoms with van der Waals surface area (Å²) in [5.74, 6) is 0.696. The summed E-state index contributed by atoms with van der Waals surface area (Å²) in [6, 6.07) is 10.5. The van der Waals surface area contributed by atoms with Gasteiger partial charge in [-0.15, -0.1) is 16.4 Å². The Hall–Kier alpha value is -2.05. The molecule has 1 aliphatic carbocycles. The molecule has 1 saturated carbocycles. The van der Waals surface area contributed by atoms with E-state index in [1.807, 2.05) is 47.4 Å². The van der Waals surface area contributed by atoms with Crippen molar-refractivity contribution in [3.63, 3.8) is 0 Å². The molecule has 2 atom stereocenters. The Morgan fingerprint density at radius 3 is 2.71 bits per heavy atom. The van der Waals surface area contributed by atoms with Gasteiger partial charge < -0.3 is 0 Å². The second-order valence-electron chi connectivity index (χ2n) is 6.44. The number of thiazole rings is 1. The van der Waals surface area contributed by atoms with Crippen LogP contribution in [0.4, 0.5) is 0 Å². The van der Waals surface area contributed by atoms with Crippen LogP contribution < -0.4 is 5.32 Å². The van der Waals surface area contributed by atoms with Crippen molar-refractivity contribution in [2.45, 2.75) is 38.8 Å². The highest BCUT2D eigenvalue weighted by atomic mass is 32.1. The van der Waals surface area contributed by atoms with E-state index in [-0.39, 0.29) is 6.04 Å². The molecular weight excluding hydrogens is 318 g/mol. The van der Waals surface area contributed by atoms with E-state index in [0.717, 1.165) is 11.4 Å². The van der Waals surface area contributed by atoms with Crippen molar-refractivity contribution in [1.29, 1.82) is 0 Å². The Balaban J connectivity index is 1.51. The van der Waals surface area contributed by atoms with Crippen LogP contribution in [0.15, 0.2) is 42.7 Å². The largest absolute Gasteiger partial charge is 0.299 e. The summed E-state index contributed by atoms with van der Waals surface area (Å²) in [5, 5.41) is 13.5. The Morgan fingerprint density at radius 2 is 2.04 bits per heavy atom. The van der Waals surface area contributed by atoms with Crippen LogP contribution in [0.25, 0.3) is 5.69 Å². The standard InChI is InChI=1S/C18H21N5S/c1-12-10-19-18(24-12)17(14-8-9-14)20-13(2)16-11-23(22-21-16)15-6-4-3-5-7-15/h3-7,10-11,13-14,17,20H,8-9H2,1-2H3/t13-,17+/m0/s1. The molecule has 5 nitrogen and oxygen atoms in total. The Kier molecular flexibility index (Phi) is 4.16. The van der Waals surface area contributed by atoms with Crippen molar-refractivity contribution >= 4 is 11.3 Å². The number of hydrogen-bond donors (Lipinski definition) is 1. The maximum Gasteiger partial charge on any atom is 0.110 e. The highest BCUT2D eigenvalue weighted by Gasteiger charge is 2.35. The fourth-order valence-corrected chi connectivity index (χ4v) is 3.82. The molecule has 0 aliphatic heterocycles. The van der Waals surface area contributed by atoms with Gasteiger partial charge in [-0.2, -0.15) is 0 Å². The van der Waals surface area contributed by atoms with Crippen LogP contribution >= 0.6 is 11.3 Å². The number of nitrogens with zero attached hydrogens (tertiary/aromatic N) is 4. The molecule has 124 valence electrons. The lowest BCUT2D eigenvalue weighted by Crippen LogP contribution is -2.26. The minimum atomic E-state index is 0.136. The quantitative estimate of drug-likeness (QED) is 0.741. The van der Waals surface area contributed by atoms with Gasteiger partial charge >= 0.3 is 0 Å². The second-order valence-corrected chi connectivity index (χ2v) is 7.70. The summed E-state index contributed by atoms with van der Waals surface area (Å²) in [6.45, 7) is 4.26. The summed E-state index contributed by atoms with van der Waals surface area (Å²) in [4.78, 5) is 5.86. The van der Waals surface area contributed by atoms with Gasteiger partial charge in [0.1, 0.15) is 5.01 Å². The minimum absolute atomic E-state index is 0.136. The number of nitrogens with one attached hydrogen (secondary N) is 1. The van der Waals surface area contributed by atoms with Gasteiger partial charge in [0.25, 0.3) is 0 Å². The maximum absolute atomic E-state index is 4.59. The van der Waals surface area contributed by atoms with Crippen molar-refractivity contribution < 1.29 is 0 Å². The van der Waals surface area contributed by atoms with Gasteiger partial charge in [0.2, 0.25) is 0 Å². The first kappa shape index (κ1) is 15.5. The lowest BCUT2D eigenvalue weighted by molar-refractivity contribution is 0.420. The van der Waals surface area contributed by atoms with Crippen LogP contribution in [0.1, 0.15) is 47.4 Å². The molecule has 0 amide bonds. The number of benzene rings is 1.